The van der Waals surface area contributed by atoms with Gasteiger partial charge in [0, 0.05) is 18.2 Å². The lowest BCUT2D eigenvalue weighted by molar-refractivity contribution is -0.404. The number of non-ortho nitro benzene ring substituents is 1. The third kappa shape index (κ3) is 8.10. The molecule has 264 valence electrons. The van der Waals surface area contributed by atoms with Crippen molar-refractivity contribution in [2.24, 2.45) is 0 Å². The van der Waals surface area contributed by atoms with Gasteiger partial charge < -0.3 is 28.8 Å². The van der Waals surface area contributed by atoms with Gasteiger partial charge in [-0.1, -0.05) is 36.4 Å². The van der Waals surface area contributed by atoms with E-state index in [1.165, 1.54) is 5.56 Å². The molecule has 0 amide bonds. The molecule has 0 aromatic heterocycles. The van der Waals surface area contributed by atoms with Crippen molar-refractivity contribution in [3.63, 3.8) is 0 Å². The van der Waals surface area contributed by atoms with Crippen molar-refractivity contribution in [1.82, 2.24) is 4.90 Å². The minimum Gasteiger partial charge on any atom is -0.497 e. The Hall–Kier alpha value is -6.16. The van der Waals surface area contributed by atoms with E-state index in [2.05, 4.69) is 24.1 Å². The smallest absolute Gasteiger partial charge is 0.324 e. The summed E-state index contributed by atoms with van der Waals surface area (Å²) in [7, 11) is 8.84. The first-order valence-corrected chi connectivity index (χ1v) is 15.1. The highest BCUT2D eigenvalue weighted by Gasteiger charge is 2.33. The zero-order chi connectivity index (χ0) is 36.5. The van der Waals surface area contributed by atoms with Crippen LogP contribution in [0, 0.1) is 30.3 Å². The van der Waals surface area contributed by atoms with Crippen LogP contribution >= 0.6 is 0 Å². The SMILES string of the molecule is COc1ccc(CC2c3c(cc(OC)c(OCc4ccccc4)c3OC)CCN2C)cc1OC.O=[N+]([O-])c1cc([N+](=O)[O-])c(O)c([N+](=O)[O-])c1. The largest absolute Gasteiger partial charge is 0.497 e. The average molecular weight is 693 g/mol. The summed E-state index contributed by atoms with van der Waals surface area (Å²) in [6, 6.07) is 19.3. The number of hydrogen-bond donors (Lipinski definition) is 1. The Morgan fingerprint density at radius 3 is 1.90 bits per heavy atom. The number of fused-ring (bicyclic) bond motifs is 1. The molecule has 1 heterocycles. The van der Waals surface area contributed by atoms with Gasteiger partial charge >= 0.3 is 11.4 Å². The van der Waals surface area contributed by atoms with Gasteiger partial charge in [0.2, 0.25) is 5.75 Å². The fraction of sp³-hybridized carbons (Fsp3) is 0.294. The molecule has 1 atom stereocenters. The average Bonchev–Trinajstić information content (AvgIpc) is 3.11. The molecule has 5 rings (SSSR count). The highest BCUT2D eigenvalue weighted by molar-refractivity contribution is 5.65. The summed E-state index contributed by atoms with van der Waals surface area (Å²) < 4.78 is 29.0. The molecular weight excluding hydrogens is 656 g/mol. The molecule has 16 nitrogen and oxygen atoms in total. The number of nitrogens with zero attached hydrogens (tertiary/aromatic N) is 4. The fourth-order valence-corrected chi connectivity index (χ4v) is 5.61. The van der Waals surface area contributed by atoms with Gasteiger partial charge in [0.05, 0.1) is 55.3 Å². The summed E-state index contributed by atoms with van der Waals surface area (Å²) in [5.74, 6) is 2.32. The molecule has 0 radical (unpaired) electrons. The maximum absolute atomic E-state index is 10.4. The number of rotatable bonds is 12. The molecule has 4 aromatic rings. The second-order valence-electron chi connectivity index (χ2n) is 11.0. The van der Waals surface area contributed by atoms with Crippen molar-refractivity contribution in [3.05, 3.63) is 119 Å². The van der Waals surface area contributed by atoms with Crippen LogP contribution in [0.25, 0.3) is 0 Å². The van der Waals surface area contributed by atoms with Gasteiger partial charge in [0.1, 0.15) is 6.61 Å². The van der Waals surface area contributed by atoms with Crippen molar-refractivity contribution in [1.29, 1.82) is 0 Å². The summed E-state index contributed by atoms with van der Waals surface area (Å²) >= 11 is 0. The molecule has 0 saturated heterocycles. The van der Waals surface area contributed by atoms with Crippen molar-refractivity contribution in [3.8, 4) is 34.5 Å². The van der Waals surface area contributed by atoms with Gasteiger partial charge in [-0.05, 0) is 54.8 Å². The number of nitro groups is 3. The molecule has 16 heteroatoms. The molecule has 0 spiro atoms. The van der Waals surface area contributed by atoms with E-state index in [1.807, 2.05) is 42.5 Å². The Morgan fingerprint density at radius 1 is 0.740 bits per heavy atom. The van der Waals surface area contributed by atoms with E-state index in [4.69, 9.17) is 28.8 Å². The number of nitro benzene ring substituents is 3. The van der Waals surface area contributed by atoms with Crippen LogP contribution in [0.3, 0.4) is 0 Å². The quantitative estimate of drug-likeness (QED) is 0.130. The van der Waals surface area contributed by atoms with Gasteiger partial charge in [0.15, 0.2) is 23.0 Å². The van der Waals surface area contributed by atoms with Crippen LogP contribution in [0.5, 0.6) is 34.5 Å². The summed E-state index contributed by atoms with van der Waals surface area (Å²) in [5.41, 5.74) is 1.62. The van der Waals surface area contributed by atoms with Gasteiger partial charge in [0.25, 0.3) is 11.4 Å². The van der Waals surface area contributed by atoms with E-state index >= 15 is 0 Å². The standard InChI is InChI=1S/C28H33NO5.C6H3N3O7/c1-29-14-13-21-17-25(32-4)27(34-18-19-9-7-6-8-10-19)28(33-5)26(21)22(29)15-20-11-12-23(30-2)24(16-20)31-3;10-6-4(8(13)14)1-3(7(11)12)2-5(6)9(15)16/h6-12,16-17,22H,13-15,18H2,1-5H3;1-2,10H. The number of ether oxygens (including phenoxy) is 5. The minimum absolute atomic E-state index is 0.113. The third-order valence-corrected chi connectivity index (χ3v) is 8.11. The number of aromatic hydroxyl groups is 1. The normalized spacial score (nSPS) is 13.6. The van der Waals surface area contributed by atoms with E-state index in [0.29, 0.717) is 30.2 Å². The van der Waals surface area contributed by atoms with Crippen LogP contribution in [-0.4, -0.2) is 66.8 Å². The Kier molecular flexibility index (Phi) is 12.0. The predicted molar refractivity (Wildman–Crippen MR) is 181 cm³/mol. The van der Waals surface area contributed by atoms with Crippen molar-refractivity contribution < 1.29 is 43.6 Å². The molecule has 1 aliphatic rings. The lowest BCUT2D eigenvalue weighted by atomic mass is 9.87. The molecule has 4 aromatic carbocycles. The van der Waals surface area contributed by atoms with Gasteiger partial charge in [-0.2, -0.15) is 0 Å². The van der Waals surface area contributed by atoms with Gasteiger partial charge in [-0.3, -0.25) is 35.2 Å². The molecule has 0 bridgehead atoms. The molecule has 1 aliphatic heterocycles. The maximum Gasteiger partial charge on any atom is 0.324 e. The number of phenolic OH excluding ortho intramolecular Hbond substituents is 1. The van der Waals surface area contributed by atoms with Crippen LogP contribution in [0.15, 0.2) is 66.7 Å². The van der Waals surface area contributed by atoms with E-state index in [-0.39, 0.29) is 6.04 Å². The van der Waals surface area contributed by atoms with Crippen LogP contribution < -0.4 is 23.7 Å². The number of likely N-dealkylation sites (N-methyl/N-ethyl adjacent to an activating group) is 1. The molecule has 1 N–H and O–H groups in total. The molecular formula is C34H36N4O12. The zero-order valence-electron chi connectivity index (χ0n) is 28.0. The van der Waals surface area contributed by atoms with Crippen LogP contribution in [0.1, 0.15) is 28.3 Å². The minimum atomic E-state index is -1.21. The fourth-order valence-electron chi connectivity index (χ4n) is 5.61. The van der Waals surface area contributed by atoms with E-state index in [0.717, 1.165) is 53.3 Å². The first-order valence-electron chi connectivity index (χ1n) is 15.1. The number of phenols is 1. The second kappa shape index (κ2) is 16.3. The summed E-state index contributed by atoms with van der Waals surface area (Å²) in [6.07, 6.45) is 1.71. The highest BCUT2D eigenvalue weighted by atomic mass is 16.6. The Balaban J connectivity index is 0.000000295. The molecule has 50 heavy (non-hydrogen) atoms. The monoisotopic (exact) mass is 692 g/mol. The zero-order valence-corrected chi connectivity index (χ0v) is 28.0. The Bertz CT molecular complexity index is 1830. The topological polar surface area (TPSA) is 199 Å². The first kappa shape index (κ1) is 36.7. The third-order valence-electron chi connectivity index (χ3n) is 8.11. The summed E-state index contributed by atoms with van der Waals surface area (Å²) in [4.78, 5) is 30.1. The number of methoxy groups -OCH3 is 4. The maximum atomic E-state index is 10.4. The first-order chi connectivity index (χ1) is 23.9. The molecule has 0 aliphatic carbocycles. The second-order valence-corrected chi connectivity index (χ2v) is 11.0. The van der Waals surface area contributed by atoms with Crippen LogP contribution in [-0.2, 0) is 19.4 Å². The van der Waals surface area contributed by atoms with Gasteiger partial charge in [-0.15, -0.1) is 0 Å². The number of hydrogen-bond acceptors (Lipinski definition) is 13. The molecule has 0 fully saturated rings. The lowest BCUT2D eigenvalue weighted by Crippen LogP contribution is -2.34. The van der Waals surface area contributed by atoms with E-state index in [9.17, 15) is 30.3 Å². The Labute approximate surface area is 286 Å². The molecule has 1 unspecified atom stereocenters. The number of benzene rings is 4. The molecule has 0 saturated carbocycles. The van der Waals surface area contributed by atoms with Crippen molar-refractivity contribution >= 4 is 17.1 Å². The van der Waals surface area contributed by atoms with E-state index < -0.39 is 37.6 Å². The van der Waals surface area contributed by atoms with Crippen LogP contribution in [0.2, 0.25) is 0 Å². The van der Waals surface area contributed by atoms with Crippen molar-refractivity contribution in [2.45, 2.75) is 25.5 Å². The van der Waals surface area contributed by atoms with Gasteiger partial charge in [-0.25, -0.2) is 0 Å². The highest BCUT2D eigenvalue weighted by Crippen LogP contribution is 2.48. The van der Waals surface area contributed by atoms with Crippen molar-refractivity contribution in [2.75, 3.05) is 42.0 Å². The lowest BCUT2D eigenvalue weighted by Gasteiger charge is -2.36. The summed E-state index contributed by atoms with van der Waals surface area (Å²) in [5, 5.41) is 40.2. The van der Waals surface area contributed by atoms with E-state index in [1.54, 1.807) is 28.4 Å². The Morgan fingerprint density at radius 2 is 1.36 bits per heavy atom. The summed E-state index contributed by atoms with van der Waals surface area (Å²) in [6.45, 7) is 1.38. The predicted octanol–water partition coefficient (Wildman–Crippen LogP) is 6.19. The van der Waals surface area contributed by atoms with Crippen LogP contribution in [0.4, 0.5) is 17.1 Å².